The molecule has 1 atom stereocenters. The number of aromatic nitrogens is 5. The first-order chi connectivity index (χ1) is 20.1. The number of fused-ring (bicyclic) bond motifs is 3. The normalized spacial score (nSPS) is 18.4. The highest BCUT2D eigenvalue weighted by molar-refractivity contribution is 6.35. The van der Waals surface area contributed by atoms with Crippen LogP contribution in [0.25, 0.3) is 22.3 Å². The summed E-state index contributed by atoms with van der Waals surface area (Å²) in [6.45, 7) is 8.44. The molecule has 42 heavy (non-hydrogen) atoms. The van der Waals surface area contributed by atoms with Crippen molar-refractivity contribution >= 4 is 34.3 Å². The number of amides is 2. The number of carbonyl (C=O) groups excluding carboxylic acids is 2. The van der Waals surface area contributed by atoms with Crippen molar-refractivity contribution in [1.82, 2.24) is 34.5 Å². The number of benzene rings is 1. The average molecular weight is 590 g/mol. The molecule has 220 valence electrons. The van der Waals surface area contributed by atoms with Crippen molar-refractivity contribution in [3.05, 3.63) is 69.5 Å². The third-order valence-electron chi connectivity index (χ3n) is 8.35. The van der Waals surface area contributed by atoms with Gasteiger partial charge in [0, 0.05) is 56.4 Å². The lowest BCUT2D eigenvalue weighted by molar-refractivity contribution is -0.142. The fourth-order valence-corrected chi connectivity index (χ4v) is 6.64. The maximum atomic E-state index is 13.9. The van der Waals surface area contributed by atoms with Crippen LogP contribution in [-0.4, -0.2) is 66.0 Å². The molecule has 0 radical (unpaired) electrons. The molecule has 1 unspecified atom stereocenters. The van der Waals surface area contributed by atoms with Gasteiger partial charge in [-0.2, -0.15) is 5.10 Å². The van der Waals surface area contributed by atoms with Crippen molar-refractivity contribution in [3.63, 3.8) is 0 Å². The van der Waals surface area contributed by atoms with Crippen molar-refractivity contribution in [3.8, 4) is 11.4 Å². The Labute approximate surface area is 249 Å². The zero-order valence-corrected chi connectivity index (χ0v) is 24.9. The van der Waals surface area contributed by atoms with Crippen LogP contribution in [-0.2, 0) is 22.6 Å². The number of rotatable bonds is 5. The van der Waals surface area contributed by atoms with Crippen molar-refractivity contribution in [2.75, 3.05) is 19.6 Å². The first kappa shape index (κ1) is 28.2. The molecule has 4 aromatic rings. The number of carbonyl (C=O) groups is 2. The molecule has 0 spiro atoms. The maximum Gasteiger partial charge on any atom is 0.326 e. The molecule has 5 heterocycles. The number of nitrogens with one attached hydrogen (secondary N) is 2. The summed E-state index contributed by atoms with van der Waals surface area (Å²) in [6, 6.07) is 7.49. The smallest absolute Gasteiger partial charge is 0.326 e. The molecule has 6 rings (SSSR count). The zero-order valence-electron chi connectivity index (χ0n) is 24.2. The number of likely N-dealkylation sites (tertiary alicyclic amines) is 1. The molecule has 0 bridgehead atoms. The van der Waals surface area contributed by atoms with Gasteiger partial charge in [-0.1, -0.05) is 38.4 Å². The van der Waals surface area contributed by atoms with Gasteiger partial charge >= 0.3 is 5.69 Å². The van der Waals surface area contributed by atoms with Gasteiger partial charge in [0.1, 0.15) is 0 Å². The largest absolute Gasteiger partial charge is 0.343 e. The van der Waals surface area contributed by atoms with Crippen LogP contribution in [0, 0.1) is 11.3 Å². The van der Waals surface area contributed by atoms with Gasteiger partial charge < -0.3 is 14.8 Å². The lowest BCUT2D eigenvalue weighted by Gasteiger charge is -2.34. The summed E-state index contributed by atoms with van der Waals surface area (Å²) in [5.41, 5.74) is 3.91. The molecule has 0 saturated carbocycles. The number of halogens is 1. The fourth-order valence-electron chi connectivity index (χ4n) is 6.36. The van der Waals surface area contributed by atoms with Gasteiger partial charge in [-0.3, -0.25) is 24.2 Å². The molecular formula is C31H36ClN7O3. The van der Waals surface area contributed by atoms with E-state index in [1.165, 1.54) is 0 Å². The monoisotopic (exact) mass is 589 g/mol. The fraction of sp³-hybridized carbons (Fsp3) is 0.452. The molecule has 2 N–H and O–H groups in total. The Morgan fingerprint density at radius 1 is 1.17 bits per heavy atom. The van der Waals surface area contributed by atoms with E-state index in [0.29, 0.717) is 61.9 Å². The van der Waals surface area contributed by atoms with E-state index in [1.54, 1.807) is 17.0 Å². The summed E-state index contributed by atoms with van der Waals surface area (Å²) in [5.74, 6) is -0.512. The van der Waals surface area contributed by atoms with E-state index in [-0.39, 0.29) is 35.4 Å². The van der Waals surface area contributed by atoms with Gasteiger partial charge in [-0.25, -0.2) is 4.79 Å². The highest BCUT2D eigenvalue weighted by Crippen LogP contribution is 2.35. The maximum absolute atomic E-state index is 13.9. The number of nitrogens with zero attached hydrogens (tertiary/aromatic N) is 5. The summed E-state index contributed by atoms with van der Waals surface area (Å²) >= 11 is 6.58. The predicted molar refractivity (Wildman–Crippen MR) is 161 cm³/mol. The SMILES string of the molecule is CC(C)(C)CN1Cc2c(cc(Cl)c3[nH]ncc23)CC(CC(=O)N2CCC(n3cc(-c4ccccn4)[nH]c3=O)CC2)C1=O. The van der Waals surface area contributed by atoms with Crippen molar-refractivity contribution in [2.24, 2.45) is 11.3 Å². The van der Waals surface area contributed by atoms with E-state index in [2.05, 4.69) is 40.9 Å². The minimum Gasteiger partial charge on any atom is -0.343 e. The zero-order chi connectivity index (χ0) is 29.6. The third-order valence-corrected chi connectivity index (χ3v) is 8.65. The van der Waals surface area contributed by atoms with Crippen LogP contribution < -0.4 is 5.69 Å². The van der Waals surface area contributed by atoms with Crippen LogP contribution >= 0.6 is 11.6 Å². The Morgan fingerprint density at radius 2 is 1.95 bits per heavy atom. The standard InChI is InChI=1S/C31H36ClN7O3/c1-31(2,3)18-38-16-23-19(13-24(32)28-22(23)15-34-36-28)12-20(29(38)41)14-27(40)37-10-7-21(8-11-37)39-17-26(35-30(39)42)25-6-4-5-9-33-25/h4-6,9,13,15,17,20-21H,7-8,10-12,14,16,18H2,1-3H3,(H,34,36)(H,35,42). The molecule has 2 amide bonds. The molecule has 1 aromatic carbocycles. The molecule has 0 aliphatic carbocycles. The second kappa shape index (κ2) is 11.1. The quantitative estimate of drug-likeness (QED) is 0.353. The van der Waals surface area contributed by atoms with Gasteiger partial charge in [-0.05, 0) is 54.0 Å². The first-order valence-corrected chi connectivity index (χ1v) is 14.9. The number of pyridine rings is 1. The van der Waals surface area contributed by atoms with Gasteiger partial charge in [-0.15, -0.1) is 0 Å². The summed E-state index contributed by atoms with van der Waals surface area (Å²) in [5, 5.41) is 8.66. The predicted octanol–water partition coefficient (Wildman–Crippen LogP) is 4.57. The number of aromatic amines is 2. The summed E-state index contributed by atoms with van der Waals surface area (Å²) in [7, 11) is 0. The topological polar surface area (TPSA) is 120 Å². The summed E-state index contributed by atoms with van der Waals surface area (Å²) in [6.07, 6.45) is 7.20. The van der Waals surface area contributed by atoms with E-state index in [1.807, 2.05) is 40.3 Å². The van der Waals surface area contributed by atoms with Crippen LogP contribution in [0.2, 0.25) is 5.02 Å². The second-order valence-electron chi connectivity index (χ2n) is 12.7. The molecule has 2 aliphatic heterocycles. The lowest BCUT2D eigenvalue weighted by Crippen LogP contribution is -2.44. The van der Waals surface area contributed by atoms with E-state index in [4.69, 9.17) is 11.6 Å². The number of hydrogen-bond donors (Lipinski definition) is 2. The highest BCUT2D eigenvalue weighted by atomic mass is 35.5. The van der Waals surface area contributed by atoms with Gasteiger partial charge in [0.2, 0.25) is 11.8 Å². The second-order valence-corrected chi connectivity index (χ2v) is 13.1. The van der Waals surface area contributed by atoms with Gasteiger partial charge in [0.25, 0.3) is 0 Å². The molecule has 1 saturated heterocycles. The Hall–Kier alpha value is -3.92. The average Bonchev–Trinajstić information content (AvgIpc) is 3.59. The highest BCUT2D eigenvalue weighted by Gasteiger charge is 2.36. The van der Waals surface area contributed by atoms with E-state index < -0.39 is 5.92 Å². The van der Waals surface area contributed by atoms with Gasteiger partial charge in [0.15, 0.2) is 0 Å². The Bertz CT molecular complexity index is 1680. The van der Waals surface area contributed by atoms with Crippen LogP contribution in [0.5, 0.6) is 0 Å². The first-order valence-electron chi connectivity index (χ1n) is 14.5. The van der Waals surface area contributed by atoms with Crippen LogP contribution in [0.3, 0.4) is 0 Å². The third kappa shape index (κ3) is 5.60. The van der Waals surface area contributed by atoms with Crippen molar-refractivity contribution < 1.29 is 9.59 Å². The molecule has 10 nitrogen and oxygen atoms in total. The minimum atomic E-state index is -0.479. The summed E-state index contributed by atoms with van der Waals surface area (Å²) in [4.78, 5) is 51.2. The van der Waals surface area contributed by atoms with Crippen molar-refractivity contribution in [1.29, 1.82) is 0 Å². The molecule has 11 heteroatoms. The molecule has 1 fully saturated rings. The Balaban J connectivity index is 1.17. The molecule has 3 aromatic heterocycles. The van der Waals surface area contributed by atoms with E-state index >= 15 is 0 Å². The Morgan fingerprint density at radius 3 is 2.67 bits per heavy atom. The number of H-pyrrole nitrogens is 2. The van der Waals surface area contributed by atoms with Crippen LogP contribution in [0.4, 0.5) is 0 Å². The molecule has 2 aliphatic rings. The lowest BCUT2D eigenvalue weighted by atomic mass is 9.92. The number of hydrogen-bond acceptors (Lipinski definition) is 5. The number of piperidine rings is 1. The van der Waals surface area contributed by atoms with Crippen LogP contribution in [0.15, 0.2) is 47.7 Å². The van der Waals surface area contributed by atoms with Crippen molar-refractivity contribution in [2.45, 2.75) is 59.0 Å². The molecular weight excluding hydrogens is 554 g/mol. The Kier molecular flexibility index (Phi) is 7.43. The summed E-state index contributed by atoms with van der Waals surface area (Å²) < 4.78 is 1.72. The van der Waals surface area contributed by atoms with E-state index in [9.17, 15) is 14.4 Å². The minimum absolute atomic E-state index is 0.00180. The van der Waals surface area contributed by atoms with Crippen LogP contribution in [0.1, 0.15) is 57.2 Å². The van der Waals surface area contributed by atoms with Gasteiger partial charge in [0.05, 0.1) is 34.0 Å². The van der Waals surface area contributed by atoms with E-state index in [0.717, 1.165) is 22.0 Å². The number of imidazole rings is 1.